The zero-order valence-corrected chi connectivity index (χ0v) is 18.2. The Morgan fingerprint density at radius 1 is 1.13 bits per heavy atom. The standard InChI is InChI=1S/C21H25N3O5S/c1-5-24-18-12-16(8-11-19(18)29-13-21(3,4)20(24)26)23-30(27,28)17-9-6-15(7-10-17)22-14(2)25/h6-12,23H,5,13H2,1-4H3,(H,22,25). The molecule has 2 aromatic rings. The van der Waals surface area contributed by atoms with Gasteiger partial charge in [0.15, 0.2) is 0 Å². The lowest BCUT2D eigenvalue weighted by Crippen LogP contribution is -2.42. The molecule has 8 nitrogen and oxygen atoms in total. The summed E-state index contributed by atoms with van der Waals surface area (Å²) in [5.41, 5.74) is 0.650. The Balaban J connectivity index is 1.89. The van der Waals surface area contributed by atoms with E-state index in [1.807, 2.05) is 20.8 Å². The lowest BCUT2D eigenvalue weighted by Gasteiger charge is -2.27. The number of sulfonamides is 1. The Bertz CT molecular complexity index is 1080. The van der Waals surface area contributed by atoms with Crippen LogP contribution in [0.3, 0.4) is 0 Å². The summed E-state index contributed by atoms with van der Waals surface area (Å²) in [5.74, 6) is 0.199. The second-order valence-electron chi connectivity index (χ2n) is 7.72. The monoisotopic (exact) mass is 431 g/mol. The molecule has 0 fully saturated rings. The quantitative estimate of drug-likeness (QED) is 0.756. The molecule has 0 aromatic heterocycles. The predicted molar refractivity (Wildman–Crippen MR) is 115 cm³/mol. The largest absolute Gasteiger partial charge is 0.490 e. The summed E-state index contributed by atoms with van der Waals surface area (Å²) in [5, 5.41) is 2.59. The number of benzene rings is 2. The van der Waals surface area contributed by atoms with Gasteiger partial charge in [0, 0.05) is 19.2 Å². The summed E-state index contributed by atoms with van der Waals surface area (Å²) in [6, 6.07) is 10.7. The van der Waals surface area contributed by atoms with E-state index in [1.54, 1.807) is 23.1 Å². The summed E-state index contributed by atoms with van der Waals surface area (Å²) in [6.07, 6.45) is 0. The van der Waals surface area contributed by atoms with Crippen molar-refractivity contribution in [1.82, 2.24) is 0 Å². The van der Waals surface area contributed by atoms with Crippen LogP contribution in [0.15, 0.2) is 47.4 Å². The Morgan fingerprint density at radius 2 is 1.77 bits per heavy atom. The van der Waals surface area contributed by atoms with Crippen LogP contribution in [0.25, 0.3) is 0 Å². The molecular formula is C21H25N3O5S. The van der Waals surface area contributed by atoms with Gasteiger partial charge in [0.05, 0.1) is 21.7 Å². The number of hydrogen-bond donors (Lipinski definition) is 2. The van der Waals surface area contributed by atoms with Crippen LogP contribution in [-0.2, 0) is 19.6 Å². The third-order valence-electron chi connectivity index (χ3n) is 4.72. The van der Waals surface area contributed by atoms with Gasteiger partial charge in [-0.15, -0.1) is 0 Å². The number of hydrogen-bond acceptors (Lipinski definition) is 5. The highest BCUT2D eigenvalue weighted by molar-refractivity contribution is 7.92. The highest BCUT2D eigenvalue weighted by Gasteiger charge is 2.37. The minimum Gasteiger partial charge on any atom is -0.490 e. The number of nitrogens with one attached hydrogen (secondary N) is 2. The van der Waals surface area contributed by atoms with Crippen LogP contribution in [-0.4, -0.2) is 33.4 Å². The molecule has 0 atom stereocenters. The molecule has 1 aliphatic rings. The van der Waals surface area contributed by atoms with E-state index in [-0.39, 0.29) is 23.3 Å². The van der Waals surface area contributed by atoms with Gasteiger partial charge in [-0.25, -0.2) is 8.42 Å². The first-order valence-corrected chi connectivity index (χ1v) is 11.0. The van der Waals surface area contributed by atoms with E-state index in [4.69, 9.17) is 4.74 Å². The molecule has 2 amide bonds. The second-order valence-corrected chi connectivity index (χ2v) is 9.40. The van der Waals surface area contributed by atoms with E-state index in [2.05, 4.69) is 10.0 Å². The molecule has 0 radical (unpaired) electrons. The number of rotatable bonds is 5. The lowest BCUT2D eigenvalue weighted by molar-refractivity contribution is -0.127. The molecule has 30 heavy (non-hydrogen) atoms. The average molecular weight is 432 g/mol. The van der Waals surface area contributed by atoms with Crippen LogP contribution in [0.4, 0.5) is 17.1 Å². The Hall–Kier alpha value is -3.07. The summed E-state index contributed by atoms with van der Waals surface area (Å²) < 4.78 is 33.9. The third-order valence-corrected chi connectivity index (χ3v) is 6.11. The predicted octanol–water partition coefficient (Wildman–Crippen LogP) is 3.22. The summed E-state index contributed by atoms with van der Waals surface area (Å²) >= 11 is 0. The maximum absolute atomic E-state index is 12.9. The van der Waals surface area contributed by atoms with E-state index in [0.717, 1.165) is 0 Å². The molecule has 160 valence electrons. The molecule has 0 aliphatic carbocycles. The maximum Gasteiger partial charge on any atom is 0.261 e. The average Bonchev–Trinajstić information content (AvgIpc) is 2.76. The van der Waals surface area contributed by atoms with E-state index in [1.165, 1.54) is 31.2 Å². The SMILES string of the molecule is CCN1C(=O)C(C)(C)COc2ccc(NS(=O)(=O)c3ccc(NC(C)=O)cc3)cc21. The molecule has 0 saturated heterocycles. The molecule has 9 heteroatoms. The zero-order chi connectivity index (χ0) is 22.1. The molecule has 0 saturated carbocycles. The first kappa shape index (κ1) is 21.6. The Kier molecular flexibility index (Phi) is 5.76. The summed E-state index contributed by atoms with van der Waals surface area (Å²) in [6.45, 7) is 7.53. The van der Waals surface area contributed by atoms with Gasteiger partial charge in [0.2, 0.25) is 11.8 Å². The maximum atomic E-state index is 12.9. The topological polar surface area (TPSA) is 105 Å². The molecule has 0 bridgehead atoms. The smallest absolute Gasteiger partial charge is 0.261 e. The molecule has 3 rings (SSSR count). The number of ether oxygens (including phenoxy) is 1. The zero-order valence-electron chi connectivity index (χ0n) is 17.4. The van der Waals surface area contributed by atoms with E-state index in [9.17, 15) is 18.0 Å². The summed E-state index contributed by atoms with van der Waals surface area (Å²) in [4.78, 5) is 25.6. The van der Waals surface area contributed by atoms with Crippen molar-refractivity contribution in [3.63, 3.8) is 0 Å². The fourth-order valence-electron chi connectivity index (χ4n) is 3.16. The van der Waals surface area contributed by atoms with Crippen LogP contribution in [0.5, 0.6) is 5.75 Å². The normalized spacial score (nSPS) is 15.6. The van der Waals surface area contributed by atoms with Gasteiger partial charge >= 0.3 is 0 Å². The fraction of sp³-hybridized carbons (Fsp3) is 0.333. The van der Waals surface area contributed by atoms with Crippen molar-refractivity contribution in [3.05, 3.63) is 42.5 Å². The molecule has 0 unspecified atom stereocenters. The van der Waals surface area contributed by atoms with Crippen LogP contribution in [0.1, 0.15) is 27.7 Å². The first-order chi connectivity index (χ1) is 14.0. The van der Waals surface area contributed by atoms with Crippen molar-refractivity contribution < 1.29 is 22.7 Å². The molecule has 2 N–H and O–H groups in total. The fourth-order valence-corrected chi connectivity index (χ4v) is 4.21. The van der Waals surface area contributed by atoms with Gasteiger partial charge in [-0.3, -0.25) is 14.3 Å². The Morgan fingerprint density at radius 3 is 2.37 bits per heavy atom. The van der Waals surface area contributed by atoms with E-state index >= 15 is 0 Å². The Labute approximate surface area is 176 Å². The van der Waals surface area contributed by atoms with Crippen molar-refractivity contribution in [3.8, 4) is 5.75 Å². The van der Waals surface area contributed by atoms with Gasteiger partial charge in [0.1, 0.15) is 12.4 Å². The van der Waals surface area contributed by atoms with Crippen molar-refractivity contribution >= 4 is 38.9 Å². The minimum absolute atomic E-state index is 0.0485. The molecule has 2 aromatic carbocycles. The number of carbonyl (C=O) groups excluding carboxylic acids is 2. The van der Waals surface area contributed by atoms with Gasteiger partial charge < -0.3 is 15.0 Å². The number of fused-ring (bicyclic) bond motifs is 1. The van der Waals surface area contributed by atoms with Gasteiger partial charge in [0.25, 0.3) is 10.0 Å². The van der Waals surface area contributed by atoms with Crippen LogP contribution < -0.4 is 19.7 Å². The highest BCUT2D eigenvalue weighted by atomic mass is 32.2. The number of carbonyl (C=O) groups is 2. The van der Waals surface area contributed by atoms with Crippen molar-refractivity contribution in [2.45, 2.75) is 32.6 Å². The molecule has 0 spiro atoms. The van der Waals surface area contributed by atoms with Crippen LogP contribution in [0, 0.1) is 5.41 Å². The minimum atomic E-state index is -3.86. The summed E-state index contributed by atoms with van der Waals surface area (Å²) in [7, 11) is -3.86. The molecular weight excluding hydrogens is 406 g/mol. The lowest BCUT2D eigenvalue weighted by atomic mass is 9.93. The highest BCUT2D eigenvalue weighted by Crippen LogP contribution is 2.38. The second kappa shape index (κ2) is 7.98. The van der Waals surface area contributed by atoms with Gasteiger partial charge in [-0.2, -0.15) is 0 Å². The van der Waals surface area contributed by atoms with Gasteiger partial charge in [-0.05, 0) is 63.2 Å². The first-order valence-electron chi connectivity index (χ1n) is 9.53. The molecule has 1 aliphatic heterocycles. The third kappa shape index (κ3) is 4.40. The van der Waals surface area contributed by atoms with E-state index in [0.29, 0.717) is 29.4 Å². The van der Waals surface area contributed by atoms with Crippen molar-refractivity contribution in [2.24, 2.45) is 5.41 Å². The van der Waals surface area contributed by atoms with Crippen molar-refractivity contribution in [2.75, 3.05) is 28.1 Å². The van der Waals surface area contributed by atoms with Gasteiger partial charge in [-0.1, -0.05) is 0 Å². The number of amides is 2. The number of anilines is 3. The van der Waals surface area contributed by atoms with Crippen molar-refractivity contribution in [1.29, 1.82) is 0 Å². The number of nitrogens with zero attached hydrogens (tertiary/aromatic N) is 1. The molecule has 1 heterocycles. The van der Waals surface area contributed by atoms with Crippen LogP contribution in [0.2, 0.25) is 0 Å². The van der Waals surface area contributed by atoms with Crippen LogP contribution >= 0.6 is 0 Å². The van der Waals surface area contributed by atoms with E-state index < -0.39 is 15.4 Å².